The van der Waals surface area contributed by atoms with E-state index in [0.29, 0.717) is 19.3 Å². The van der Waals surface area contributed by atoms with Crippen molar-refractivity contribution < 1.29 is 28.6 Å². The third kappa shape index (κ3) is 31.3. The zero-order chi connectivity index (χ0) is 30.8. The van der Waals surface area contributed by atoms with Gasteiger partial charge < -0.3 is 14.2 Å². The first kappa shape index (κ1) is 40.4. The maximum atomic E-state index is 12.3. The first-order valence-corrected chi connectivity index (χ1v) is 18.0. The first-order chi connectivity index (χ1) is 20.6. The van der Waals surface area contributed by atoms with Crippen molar-refractivity contribution >= 4 is 18.4 Å². The third-order valence-electron chi connectivity index (χ3n) is 8.05. The van der Waals surface area contributed by atoms with Crippen molar-refractivity contribution in [3.63, 3.8) is 0 Å². The Morgan fingerprint density at radius 1 is 0.476 bits per heavy atom. The van der Waals surface area contributed by atoms with Gasteiger partial charge in [-0.1, -0.05) is 168 Å². The second-order valence-electron chi connectivity index (χ2n) is 12.2. The van der Waals surface area contributed by atoms with Gasteiger partial charge in [0.05, 0.1) is 0 Å². The van der Waals surface area contributed by atoms with Crippen molar-refractivity contribution in [2.45, 2.75) is 200 Å². The zero-order valence-electron chi connectivity index (χ0n) is 27.8. The van der Waals surface area contributed by atoms with Gasteiger partial charge in [-0.2, -0.15) is 0 Å². The van der Waals surface area contributed by atoms with Gasteiger partial charge in [0.2, 0.25) is 0 Å². The van der Waals surface area contributed by atoms with Crippen LogP contribution >= 0.6 is 0 Å². The summed E-state index contributed by atoms with van der Waals surface area (Å²) in [5, 5.41) is 0. The highest BCUT2D eigenvalue weighted by Crippen LogP contribution is 2.15. The molecule has 6 heteroatoms. The summed E-state index contributed by atoms with van der Waals surface area (Å²) in [6.45, 7) is 4.66. The van der Waals surface area contributed by atoms with Crippen molar-refractivity contribution in [2.24, 2.45) is 0 Å². The lowest BCUT2D eigenvalue weighted by Crippen LogP contribution is -2.29. The van der Waals surface area contributed by atoms with E-state index in [4.69, 9.17) is 14.2 Å². The van der Waals surface area contributed by atoms with Crippen LogP contribution in [0.1, 0.15) is 194 Å². The van der Waals surface area contributed by atoms with Crippen LogP contribution in [0.5, 0.6) is 0 Å². The fourth-order valence-corrected chi connectivity index (χ4v) is 5.34. The molecule has 1 unspecified atom stereocenters. The molecule has 0 saturated carbocycles. The Morgan fingerprint density at radius 3 is 1.17 bits per heavy atom. The van der Waals surface area contributed by atoms with Crippen LogP contribution < -0.4 is 0 Å². The van der Waals surface area contributed by atoms with Crippen molar-refractivity contribution in [1.82, 2.24) is 0 Å². The number of unbranched alkanes of at least 4 members (excludes halogenated alkanes) is 24. The molecule has 0 fully saturated rings. The zero-order valence-corrected chi connectivity index (χ0v) is 27.8. The molecular formula is C36H68O6. The molecule has 0 amide bonds. The summed E-state index contributed by atoms with van der Waals surface area (Å²) >= 11 is 0. The van der Waals surface area contributed by atoms with Crippen LogP contribution in [-0.2, 0) is 28.6 Å². The molecule has 248 valence electrons. The van der Waals surface area contributed by atoms with E-state index in [1.54, 1.807) is 0 Å². The van der Waals surface area contributed by atoms with Gasteiger partial charge in [0.1, 0.15) is 13.2 Å². The van der Waals surface area contributed by atoms with Crippen molar-refractivity contribution in [3.8, 4) is 0 Å². The summed E-state index contributed by atoms with van der Waals surface area (Å²) in [5.41, 5.74) is 0. The molecule has 0 N–H and O–H groups in total. The average Bonchev–Trinajstić information content (AvgIpc) is 2.99. The maximum absolute atomic E-state index is 12.3. The van der Waals surface area contributed by atoms with Gasteiger partial charge >= 0.3 is 11.9 Å². The van der Waals surface area contributed by atoms with Crippen LogP contribution in [0.25, 0.3) is 0 Å². The molecule has 0 aliphatic rings. The van der Waals surface area contributed by atoms with Crippen LogP contribution in [-0.4, -0.2) is 37.7 Å². The summed E-state index contributed by atoms with van der Waals surface area (Å²) in [4.78, 5) is 35.0. The highest BCUT2D eigenvalue weighted by Gasteiger charge is 2.17. The van der Waals surface area contributed by atoms with Gasteiger partial charge in [0.25, 0.3) is 6.47 Å². The molecule has 0 aliphatic heterocycles. The molecule has 6 nitrogen and oxygen atoms in total. The Balaban J connectivity index is 3.74. The summed E-state index contributed by atoms with van der Waals surface area (Å²) < 4.78 is 15.5. The molecule has 0 aromatic carbocycles. The monoisotopic (exact) mass is 597 g/mol. The fraction of sp³-hybridized carbons (Fsp3) is 0.917. The van der Waals surface area contributed by atoms with E-state index in [-0.39, 0.29) is 25.2 Å². The Hall–Kier alpha value is -1.59. The van der Waals surface area contributed by atoms with Gasteiger partial charge in [-0.05, 0) is 12.8 Å². The Kier molecular flexibility index (Phi) is 32.6. The molecule has 0 heterocycles. The molecule has 0 radical (unpaired) electrons. The summed E-state index contributed by atoms with van der Waals surface area (Å²) in [7, 11) is 0. The summed E-state index contributed by atoms with van der Waals surface area (Å²) in [6.07, 6.45) is 32.6. The Labute approximate surface area is 259 Å². The average molecular weight is 597 g/mol. The third-order valence-corrected chi connectivity index (χ3v) is 8.05. The molecular weight excluding hydrogens is 528 g/mol. The minimum Gasteiger partial charge on any atom is -0.464 e. The topological polar surface area (TPSA) is 78.9 Å². The Morgan fingerprint density at radius 2 is 0.810 bits per heavy atom. The van der Waals surface area contributed by atoms with E-state index >= 15 is 0 Å². The quantitative estimate of drug-likeness (QED) is 0.0318. The SMILES string of the molecule is CCCCCCCCCCCCCCCC(=O)OCC(COC=O)OC(=O)CCCCCCCCCCCCCCC. The van der Waals surface area contributed by atoms with Gasteiger partial charge in [-0.25, -0.2) is 0 Å². The van der Waals surface area contributed by atoms with E-state index in [0.717, 1.165) is 38.5 Å². The van der Waals surface area contributed by atoms with Crippen LogP contribution in [0.2, 0.25) is 0 Å². The highest BCUT2D eigenvalue weighted by atomic mass is 16.6. The van der Waals surface area contributed by atoms with E-state index < -0.39 is 6.10 Å². The molecule has 0 bridgehead atoms. The first-order valence-electron chi connectivity index (χ1n) is 18.0. The summed E-state index contributed by atoms with van der Waals surface area (Å²) in [5.74, 6) is -0.619. The lowest BCUT2D eigenvalue weighted by Gasteiger charge is -2.17. The molecule has 0 saturated heterocycles. The smallest absolute Gasteiger partial charge is 0.306 e. The van der Waals surface area contributed by atoms with Gasteiger partial charge in [0.15, 0.2) is 6.10 Å². The molecule has 42 heavy (non-hydrogen) atoms. The van der Waals surface area contributed by atoms with E-state index in [1.165, 1.54) is 128 Å². The molecule has 0 spiro atoms. The minimum atomic E-state index is -0.750. The molecule has 0 aliphatic carbocycles. The van der Waals surface area contributed by atoms with E-state index in [1.807, 2.05) is 0 Å². The summed E-state index contributed by atoms with van der Waals surface area (Å²) in [6, 6.07) is 0. The van der Waals surface area contributed by atoms with Crippen LogP contribution in [0, 0.1) is 0 Å². The number of carbonyl (C=O) groups is 3. The van der Waals surface area contributed by atoms with E-state index in [2.05, 4.69) is 13.8 Å². The second kappa shape index (κ2) is 33.9. The van der Waals surface area contributed by atoms with E-state index in [9.17, 15) is 14.4 Å². The lowest BCUT2D eigenvalue weighted by molar-refractivity contribution is -0.164. The Bertz CT molecular complexity index is 593. The molecule has 0 rings (SSSR count). The minimum absolute atomic E-state index is 0.0739. The van der Waals surface area contributed by atoms with Gasteiger partial charge in [-0.3, -0.25) is 14.4 Å². The van der Waals surface area contributed by atoms with Crippen LogP contribution in [0.3, 0.4) is 0 Å². The van der Waals surface area contributed by atoms with Crippen LogP contribution in [0.15, 0.2) is 0 Å². The molecule has 0 aromatic rings. The number of ether oxygens (including phenoxy) is 3. The largest absolute Gasteiger partial charge is 0.464 e. The maximum Gasteiger partial charge on any atom is 0.306 e. The fourth-order valence-electron chi connectivity index (χ4n) is 5.34. The normalized spacial score (nSPS) is 11.8. The number of carbonyl (C=O) groups excluding carboxylic acids is 3. The number of hydrogen-bond acceptors (Lipinski definition) is 6. The van der Waals surface area contributed by atoms with Crippen molar-refractivity contribution in [3.05, 3.63) is 0 Å². The molecule has 1 atom stereocenters. The number of esters is 2. The lowest BCUT2D eigenvalue weighted by atomic mass is 10.0. The van der Waals surface area contributed by atoms with Crippen LogP contribution in [0.4, 0.5) is 0 Å². The van der Waals surface area contributed by atoms with Crippen molar-refractivity contribution in [2.75, 3.05) is 13.2 Å². The second-order valence-corrected chi connectivity index (χ2v) is 12.2. The molecule has 0 aromatic heterocycles. The highest BCUT2D eigenvalue weighted by molar-refractivity contribution is 5.70. The number of rotatable bonds is 34. The van der Waals surface area contributed by atoms with Gasteiger partial charge in [-0.15, -0.1) is 0 Å². The van der Waals surface area contributed by atoms with Gasteiger partial charge in [0, 0.05) is 12.8 Å². The number of hydrogen-bond donors (Lipinski definition) is 0. The standard InChI is InChI=1S/C36H68O6/c1-3-5-7-9-11-13-15-17-19-21-23-25-27-29-35(38)41-32-34(31-40-33-37)42-36(39)30-28-26-24-22-20-18-16-14-12-10-8-6-4-2/h33-34H,3-32H2,1-2H3. The predicted octanol–water partition coefficient (Wildman–Crippen LogP) is 10.6. The predicted molar refractivity (Wildman–Crippen MR) is 173 cm³/mol. The van der Waals surface area contributed by atoms with Crippen molar-refractivity contribution in [1.29, 1.82) is 0 Å².